The summed E-state index contributed by atoms with van der Waals surface area (Å²) in [5, 5.41) is 0. The fourth-order valence-electron chi connectivity index (χ4n) is 2.96. The van der Waals surface area contributed by atoms with Gasteiger partial charge in [-0.15, -0.1) is 0 Å². The summed E-state index contributed by atoms with van der Waals surface area (Å²) in [6.07, 6.45) is 10.6. The Bertz CT molecular complexity index is 588. The van der Waals surface area contributed by atoms with Gasteiger partial charge in [0, 0.05) is 17.8 Å². The molecular formula is C23H33NO. The molecule has 136 valence electrons. The Balaban J connectivity index is 1.87. The molecule has 2 rings (SSSR count). The van der Waals surface area contributed by atoms with Gasteiger partial charge < -0.3 is 4.74 Å². The fraction of sp³-hybridized carbons (Fsp3) is 0.522. The molecule has 1 heterocycles. The van der Waals surface area contributed by atoms with Gasteiger partial charge in [-0.3, -0.25) is 4.98 Å². The summed E-state index contributed by atoms with van der Waals surface area (Å²) in [5.74, 6) is 1.27. The van der Waals surface area contributed by atoms with Crippen LogP contribution in [0.5, 0.6) is 5.75 Å². The van der Waals surface area contributed by atoms with Crippen LogP contribution in [0.4, 0.5) is 0 Å². The molecular weight excluding hydrogens is 306 g/mol. The fourth-order valence-corrected chi connectivity index (χ4v) is 2.96. The van der Waals surface area contributed by atoms with E-state index in [1.165, 1.54) is 43.2 Å². The summed E-state index contributed by atoms with van der Waals surface area (Å²) in [7, 11) is 0. The second-order valence-corrected chi connectivity index (χ2v) is 6.89. The Morgan fingerprint density at radius 2 is 1.64 bits per heavy atom. The minimum atomic E-state index is 0.304. The van der Waals surface area contributed by atoms with Crippen molar-refractivity contribution < 1.29 is 4.74 Å². The third-order valence-corrected chi connectivity index (χ3v) is 4.76. The van der Waals surface area contributed by atoms with Gasteiger partial charge in [0.15, 0.2) is 0 Å². The zero-order valence-electron chi connectivity index (χ0n) is 16.1. The van der Waals surface area contributed by atoms with Gasteiger partial charge in [-0.2, -0.15) is 0 Å². The monoisotopic (exact) mass is 339 g/mol. The maximum atomic E-state index is 5.83. The van der Waals surface area contributed by atoms with E-state index in [-0.39, 0.29) is 0 Å². The van der Waals surface area contributed by atoms with Crippen LogP contribution >= 0.6 is 0 Å². The predicted molar refractivity (Wildman–Crippen MR) is 106 cm³/mol. The lowest BCUT2D eigenvalue weighted by molar-refractivity contribution is 0.305. The smallest absolute Gasteiger partial charge is 0.119 e. The van der Waals surface area contributed by atoms with Crippen LogP contribution in [-0.2, 0) is 6.42 Å². The molecule has 0 radical (unpaired) electrons. The summed E-state index contributed by atoms with van der Waals surface area (Å²) in [6, 6.07) is 12.9. The van der Waals surface area contributed by atoms with Crippen LogP contribution in [0.3, 0.4) is 0 Å². The summed E-state index contributed by atoms with van der Waals surface area (Å²) >= 11 is 0. The molecule has 2 aromatic rings. The Morgan fingerprint density at radius 1 is 0.880 bits per heavy atom. The minimum absolute atomic E-state index is 0.304. The number of aromatic nitrogens is 1. The van der Waals surface area contributed by atoms with E-state index in [4.69, 9.17) is 4.74 Å². The summed E-state index contributed by atoms with van der Waals surface area (Å²) in [6.45, 7) is 7.49. The zero-order chi connectivity index (χ0) is 17.9. The van der Waals surface area contributed by atoms with Crippen molar-refractivity contribution in [1.82, 2.24) is 4.98 Å². The summed E-state index contributed by atoms with van der Waals surface area (Å²) < 4.78 is 5.83. The predicted octanol–water partition coefficient (Wildman–Crippen LogP) is 6.54. The second kappa shape index (κ2) is 10.9. The number of ether oxygens (including phenoxy) is 1. The molecule has 0 bridgehead atoms. The maximum Gasteiger partial charge on any atom is 0.119 e. The van der Waals surface area contributed by atoms with E-state index in [2.05, 4.69) is 62.2 Å². The van der Waals surface area contributed by atoms with E-state index in [1.54, 1.807) is 0 Å². The number of hydrogen-bond donors (Lipinski definition) is 0. The molecule has 0 amide bonds. The lowest BCUT2D eigenvalue weighted by atomic mass is 9.96. The van der Waals surface area contributed by atoms with E-state index in [1.807, 2.05) is 6.20 Å². The van der Waals surface area contributed by atoms with Crippen molar-refractivity contribution in [3.63, 3.8) is 0 Å². The molecule has 0 aliphatic heterocycles. The number of unbranched alkanes of at least 4 members (excludes halogenated alkanes) is 4. The first-order chi connectivity index (χ1) is 12.2. The summed E-state index contributed by atoms with van der Waals surface area (Å²) in [4.78, 5) is 4.68. The van der Waals surface area contributed by atoms with E-state index >= 15 is 0 Å². The van der Waals surface area contributed by atoms with Crippen molar-refractivity contribution in [2.75, 3.05) is 6.61 Å². The number of nitrogens with zero attached hydrogens (tertiary/aromatic N) is 1. The van der Waals surface area contributed by atoms with E-state index in [0.717, 1.165) is 30.9 Å². The highest BCUT2D eigenvalue weighted by atomic mass is 16.5. The molecule has 2 nitrogen and oxygen atoms in total. The van der Waals surface area contributed by atoms with Crippen molar-refractivity contribution >= 4 is 0 Å². The largest absolute Gasteiger partial charge is 0.494 e. The number of benzene rings is 1. The van der Waals surface area contributed by atoms with Crippen LogP contribution in [0.1, 0.15) is 82.0 Å². The first kappa shape index (κ1) is 19.5. The molecule has 1 aromatic carbocycles. The Hall–Kier alpha value is -1.83. The van der Waals surface area contributed by atoms with Gasteiger partial charge in [0.2, 0.25) is 0 Å². The van der Waals surface area contributed by atoms with Crippen LogP contribution in [0.2, 0.25) is 0 Å². The normalized spacial score (nSPS) is 12.1. The topological polar surface area (TPSA) is 22.1 Å². The van der Waals surface area contributed by atoms with E-state index in [0.29, 0.717) is 5.92 Å². The Morgan fingerprint density at radius 3 is 2.28 bits per heavy atom. The maximum absolute atomic E-state index is 5.83. The number of pyridine rings is 1. The molecule has 1 aromatic heterocycles. The molecule has 0 N–H and O–H groups in total. The van der Waals surface area contributed by atoms with Gasteiger partial charge >= 0.3 is 0 Å². The summed E-state index contributed by atoms with van der Waals surface area (Å²) in [5.41, 5.74) is 3.75. The molecule has 25 heavy (non-hydrogen) atoms. The molecule has 0 saturated carbocycles. The minimum Gasteiger partial charge on any atom is -0.494 e. The molecule has 0 aliphatic rings. The third-order valence-electron chi connectivity index (χ3n) is 4.76. The molecule has 1 unspecified atom stereocenters. The van der Waals surface area contributed by atoms with Crippen molar-refractivity contribution in [2.24, 2.45) is 0 Å². The van der Waals surface area contributed by atoms with E-state index < -0.39 is 0 Å². The first-order valence-electron chi connectivity index (χ1n) is 9.92. The van der Waals surface area contributed by atoms with Crippen molar-refractivity contribution in [3.8, 4) is 5.75 Å². The van der Waals surface area contributed by atoms with Crippen LogP contribution in [0.25, 0.3) is 0 Å². The first-order valence-corrected chi connectivity index (χ1v) is 9.92. The van der Waals surface area contributed by atoms with E-state index in [9.17, 15) is 0 Å². The van der Waals surface area contributed by atoms with Crippen molar-refractivity contribution in [3.05, 3.63) is 59.4 Å². The number of aryl methyl sites for hydroxylation is 1. The van der Waals surface area contributed by atoms with Crippen LogP contribution in [0.15, 0.2) is 42.6 Å². The SMILES string of the molecule is CCCCCCOc1ccc(C(C)c2ccc(CCCC)cn2)cc1. The van der Waals surface area contributed by atoms with Gasteiger partial charge in [-0.1, -0.05) is 64.7 Å². The molecule has 0 aliphatic carbocycles. The Kier molecular flexibility index (Phi) is 8.51. The highest BCUT2D eigenvalue weighted by molar-refractivity contribution is 5.33. The van der Waals surface area contributed by atoms with Crippen molar-refractivity contribution in [2.45, 2.75) is 71.6 Å². The van der Waals surface area contributed by atoms with Crippen LogP contribution in [0, 0.1) is 0 Å². The second-order valence-electron chi connectivity index (χ2n) is 6.89. The van der Waals surface area contributed by atoms with Gasteiger partial charge in [0.25, 0.3) is 0 Å². The average molecular weight is 340 g/mol. The molecule has 0 saturated heterocycles. The molecule has 1 atom stereocenters. The lowest BCUT2D eigenvalue weighted by Crippen LogP contribution is -2.01. The van der Waals surface area contributed by atoms with Gasteiger partial charge in [0.1, 0.15) is 5.75 Å². The number of hydrogen-bond acceptors (Lipinski definition) is 2. The van der Waals surface area contributed by atoms with Crippen molar-refractivity contribution in [1.29, 1.82) is 0 Å². The average Bonchev–Trinajstić information content (AvgIpc) is 2.66. The van der Waals surface area contributed by atoms with Crippen LogP contribution in [-0.4, -0.2) is 11.6 Å². The van der Waals surface area contributed by atoms with Gasteiger partial charge in [-0.05, 0) is 48.6 Å². The Labute approximate surface area is 153 Å². The standard InChI is InChI=1S/C23H33NO/c1-4-6-8-9-17-25-22-14-12-21(13-15-22)19(3)23-16-11-20(18-24-23)10-7-5-2/h11-16,18-19H,4-10,17H2,1-3H3. The zero-order valence-corrected chi connectivity index (χ0v) is 16.1. The molecule has 0 spiro atoms. The van der Waals surface area contributed by atoms with Gasteiger partial charge in [0.05, 0.1) is 6.61 Å². The molecule has 0 fully saturated rings. The molecule has 2 heteroatoms. The highest BCUT2D eigenvalue weighted by Crippen LogP contribution is 2.25. The highest BCUT2D eigenvalue weighted by Gasteiger charge is 2.10. The number of rotatable bonds is 11. The lowest BCUT2D eigenvalue weighted by Gasteiger charge is -2.13. The third kappa shape index (κ3) is 6.53. The quantitative estimate of drug-likeness (QED) is 0.434. The van der Waals surface area contributed by atoms with Gasteiger partial charge in [-0.25, -0.2) is 0 Å². The van der Waals surface area contributed by atoms with Crippen LogP contribution < -0.4 is 4.74 Å².